The largest absolute Gasteiger partial charge is 0.508 e. The number of rotatable bonds is 15. The lowest BCUT2D eigenvalue weighted by molar-refractivity contribution is -0.142. The lowest BCUT2D eigenvalue weighted by Gasteiger charge is -2.26. The third-order valence-corrected chi connectivity index (χ3v) is 5.35. The number of aliphatic hydroxyl groups is 1. The summed E-state index contributed by atoms with van der Waals surface area (Å²) in [5.74, 6) is -3.73. The number of nitrogens with two attached hydrogens (primary N) is 2. The molecular weight excluding hydrogens is 458 g/mol. The van der Waals surface area contributed by atoms with Gasteiger partial charge < -0.3 is 42.7 Å². The Morgan fingerprint density at radius 1 is 0.914 bits per heavy atom. The van der Waals surface area contributed by atoms with Crippen LogP contribution in [0.3, 0.4) is 0 Å². The van der Waals surface area contributed by atoms with Crippen LogP contribution in [0, 0.1) is 5.92 Å². The molecule has 0 saturated carbocycles. The maximum atomic E-state index is 12.8. The highest BCUT2D eigenvalue weighted by molar-refractivity contribution is 5.94. The van der Waals surface area contributed by atoms with Crippen LogP contribution >= 0.6 is 0 Å². The molecule has 0 aliphatic heterocycles. The van der Waals surface area contributed by atoms with Crippen LogP contribution in [0.1, 0.15) is 38.7 Å². The van der Waals surface area contributed by atoms with Crippen molar-refractivity contribution in [2.75, 3.05) is 13.2 Å². The molecule has 12 nitrogen and oxygen atoms in total. The Labute approximate surface area is 204 Å². The Balaban J connectivity index is 2.77. The summed E-state index contributed by atoms with van der Waals surface area (Å²) in [5, 5.41) is 35.5. The molecule has 1 aromatic carbocycles. The van der Waals surface area contributed by atoms with E-state index in [1.54, 1.807) is 26.0 Å². The molecule has 0 fully saturated rings. The molecule has 0 bridgehead atoms. The molecule has 0 aromatic heterocycles. The number of carboxylic acid groups (broad SMARTS) is 1. The number of carboxylic acids is 1. The van der Waals surface area contributed by atoms with Crippen LogP contribution in [0.2, 0.25) is 0 Å². The third-order valence-electron chi connectivity index (χ3n) is 5.35. The number of phenolic OH excluding ortho intramolecular Hbond substituents is 1. The number of benzene rings is 1. The highest BCUT2D eigenvalue weighted by atomic mass is 16.4. The van der Waals surface area contributed by atoms with Gasteiger partial charge in [-0.25, -0.2) is 4.79 Å². The Kier molecular flexibility index (Phi) is 12.7. The molecule has 10 N–H and O–H groups in total. The molecule has 1 rings (SSSR count). The van der Waals surface area contributed by atoms with E-state index in [9.17, 15) is 34.5 Å². The first-order chi connectivity index (χ1) is 16.5. The molecule has 1 aromatic rings. The van der Waals surface area contributed by atoms with Gasteiger partial charge in [-0.05, 0) is 55.8 Å². The Hall–Kier alpha value is -3.22. The summed E-state index contributed by atoms with van der Waals surface area (Å²) in [7, 11) is 0. The van der Waals surface area contributed by atoms with Gasteiger partial charge in [-0.1, -0.05) is 26.0 Å². The van der Waals surface area contributed by atoms with Crippen LogP contribution in [-0.2, 0) is 25.6 Å². The standard InChI is InChI=1S/C23H37N5O7/c1-13(2)19(28-20(31)16(25)11-14-6-8-15(30)9-7-14)22(33)27-18(12-29)21(32)26-17(23(34)35)5-3-4-10-24/h6-9,13,16-19,29-30H,3-5,10-12,24-25H2,1-2H3,(H,26,32)(H,27,33)(H,28,31)(H,34,35). The van der Waals surface area contributed by atoms with E-state index in [4.69, 9.17) is 11.5 Å². The van der Waals surface area contributed by atoms with Crippen LogP contribution in [0.4, 0.5) is 0 Å². The highest BCUT2D eigenvalue weighted by Gasteiger charge is 2.31. The van der Waals surface area contributed by atoms with Crippen molar-refractivity contribution in [3.05, 3.63) is 29.8 Å². The van der Waals surface area contributed by atoms with Gasteiger partial charge in [0.05, 0.1) is 12.6 Å². The molecule has 35 heavy (non-hydrogen) atoms. The van der Waals surface area contributed by atoms with E-state index in [0.29, 0.717) is 24.9 Å². The summed E-state index contributed by atoms with van der Waals surface area (Å²) in [6.07, 6.45) is 1.38. The SMILES string of the molecule is CC(C)C(NC(=O)C(N)Cc1ccc(O)cc1)C(=O)NC(CO)C(=O)NC(CCCCN)C(=O)O. The lowest BCUT2D eigenvalue weighted by atomic mass is 10.0. The van der Waals surface area contributed by atoms with E-state index in [2.05, 4.69) is 16.0 Å². The molecule has 0 saturated heterocycles. The second-order valence-corrected chi connectivity index (χ2v) is 8.63. The van der Waals surface area contributed by atoms with Crippen molar-refractivity contribution in [3.63, 3.8) is 0 Å². The van der Waals surface area contributed by atoms with Crippen molar-refractivity contribution in [2.45, 2.75) is 63.7 Å². The molecule has 4 unspecified atom stereocenters. The molecule has 4 atom stereocenters. The fourth-order valence-corrected chi connectivity index (χ4v) is 3.25. The van der Waals surface area contributed by atoms with E-state index in [-0.39, 0.29) is 24.5 Å². The summed E-state index contributed by atoms with van der Waals surface area (Å²) in [6, 6.07) is 1.54. The van der Waals surface area contributed by atoms with Crippen molar-refractivity contribution in [2.24, 2.45) is 17.4 Å². The normalized spacial score (nSPS) is 14.5. The molecule has 12 heteroatoms. The van der Waals surface area contributed by atoms with Gasteiger partial charge in [0.15, 0.2) is 0 Å². The van der Waals surface area contributed by atoms with Crippen LogP contribution in [0.15, 0.2) is 24.3 Å². The molecule has 196 valence electrons. The number of carbonyl (C=O) groups is 4. The molecule has 0 aliphatic carbocycles. The van der Waals surface area contributed by atoms with Gasteiger partial charge in [0, 0.05) is 0 Å². The molecule has 0 radical (unpaired) electrons. The number of aliphatic hydroxyl groups excluding tert-OH is 1. The molecule has 3 amide bonds. The average molecular weight is 496 g/mol. The zero-order valence-corrected chi connectivity index (χ0v) is 20.1. The van der Waals surface area contributed by atoms with Crippen molar-refractivity contribution >= 4 is 23.7 Å². The maximum absolute atomic E-state index is 12.8. The van der Waals surface area contributed by atoms with Crippen molar-refractivity contribution < 1.29 is 34.5 Å². The first kappa shape index (κ1) is 29.8. The predicted molar refractivity (Wildman–Crippen MR) is 128 cm³/mol. The Morgan fingerprint density at radius 2 is 1.51 bits per heavy atom. The maximum Gasteiger partial charge on any atom is 0.326 e. The quantitative estimate of drug-likeness (QED) is 0.134. The van der Waals surface area contributed by atoms with Gasteiger partial charge in [0.1, 0.15) is 23.9 Å². The van der Waals surface area contributed by atoms with E-state index >= 15 is 0 Å². The Morgan fingerprint density at radius 3 is 2.03 bits per heavy atom. The number of aromatic hydroxyl groups is 1. The van der Waals surface area contributed by atoms with E-state index in [1.165, 1.54) is 12.1 Å². The van der Waals surface area contributed by atoms with Gasteiger partial charge in [-0.2, -0.15) is 0 Å². The number of hydrogen-bond acceptors (Lipinski definition) is 8. The third kappa shape index (κ3) is 10.3. The number of phenols is 1. The second kappa shape index (κ2) is 14.9. The minimum atomic E-state index is -1.41. The number of nitrogens with one attached hydrogen (secondary N) is 3. The van der Waals surface area contributed by atoms with E-state index in [0.717, 1.165) is 0 Å². The molecular formula is C23H37N5O7. The topological polar surface area (TPSA) is 217 Å². The number of amides is 3. The van der Waals surface area contributed by atoms with Gasteiger partial charge >= 0.3 is 5.97 Å². The molecule has 0 aliphatic rings. The van der Waals surface area contributed by atoms with Crippen LogP contribution in [-0.4, -0.2) is 76.3 Å². The summed E-state index contributed by atoms with van der Waals surface area (Å²) < 4.78 is 0. The minimum Gasteiger partial charge on any atom is -0.508 e. The average Bonchev–Trinajstić information content (AvgIpc) is 2.80. The van der Waals surface area contributed by atoms with Crippen molar-refractivity contribution in [3.8, 4) is 5.75 Å². The van der Waals surface area contributed by atoms with Crippen LogP contribution < -0.4 is 27.4 Å². The van der Waals surface area contributed by atoms with Gasteiger partial charge in [-0.3, -0.25) is 14.4 Å². The number of hydrogen-bond donors (Lipinski definition) is 8. The number of carbonyl (C=O) groups excluding carboxylic acids is 3. The van der Waals surface area contributed by atoms with Crippen molar-refractivity contribution in [1.82, 2.24) is 16.0 Å². The summed E-state index contributed by atoms with van der Waals surface area (Å²) in [5.41, 5.74) is 12.1. The smallest absolute Gasteiger partial charge is 0.326 e. The monoisotopic (exact) mass is 495 g/mol. The van der Waals surface area contributed by atoms with Crippen LogP contribution in [0.5, 0.6) is 5.75 Å². The van der Waals surface area contributed by atoms with Crippen LogP contribution in [0.25, 0.3) is 0 Å². The molecule has 0 spiro atoms. The molecule has 0 heterocycles. The number of unbranched alkanes of at least 4 members (excludes halogenated alkanes) is 1. The van der Waals surface area contributed by atoms with Gasteiger partial charge in [-0.15, -0.1) is 0 Å². The second-order valence-electron chi connectivity index (χ2n) is 8.63. The highest BCUT2D eigenvalue weighted by Crippen LogP contribution is 2.11. The first-order valence-electron chi connectivity index (χ1n) is 11.5. The van der Waals surface area contributed by atoms with E-state index in [1.807, 2.05) is 0 Å². The van der Waals surface area contributed by atoms with Crippen molar-refractivity contribution in [1.29, 1.82) is 0 Å². The van der Waals surface area contributed by atoms with E-state index < -0.39 is 54.5 Å². The fraction of sp³-hybridized carbons (Fsp3) is 0.565. The summed E-state index contributed by atoms with van der Waals surface area (Å²) >= 11 is 0. The number of aliphatic carboxylic acids is 1. The first-order valence-corrected chi connectivity index (χ1v) is 11.5. The summed E-state index contributed by atoms with van der Waals surface area (Å²) in [4.78, 5) is 49.4. The van der Waals surface area contributed by atoms with Gasteiger partial charge in [0.25, 0.3) is 0 Å². The van der Waals surface area contributed by atoms with Gasteiger partial charge in [0.2, 0.25) is 17.7 Å². The zero-order valence-electron chi connectivity index (χ0n) is 20.1. The summed E-state index contributed by atoms with van der Waals surface area (Å²) in [6.45, 7) is 2.98. The predicted octanol–water partition coefficient (Wildman–Crippen LogP) is -1.42. The zero-order chi connectivity index (χ0) is 26.5. The fourth-order valence-electron chi connectivity index (χ4n) is 3.25. The minimum absolute atomic E-state index is 0.0797. The Bertz CT molecular complexity index is 847. The lowest BCUT2D eigenvalue weighted by Crippen LogP contribution is -2.59.